The lowest BCUT2D eigenvalue weighted by atomic mass is 10.1. The first kappa shape index (κ1) is 13.8. The van der Waals surface area contributed by atoms with Crippen LogP contribution in [0, 0.1) is 0 Å². The molecule has 1 amide bonds. The van der Waals surface area contributed by atoms with E-state index in [1.54, 1.807) is 0 Å². The lowest BCUT2D eigenvalue weighted by Gasteiger charge is -2.13. The Bertz CT molecular complexity index is 634. The van der Waals surface area contributed by atoms with E-state index in [0.29, 0.717) is 18.1 Å². The highest BCUT2D eigenvalue weighted by Crippen LogP contribution is 2.32. The average molecular weight is 286 g/mol. The van der Waals surface area contributed by atoms with Crippen LogP contribution in [0.2, 0.25) is 0 Å². The lowest BCUT2D eigenvalue weighted by molar-refractivity contribution is -0.123. The smallest absolute Gasteiger partial charge is 0.240 e. The zero-order valence-electron chi connectivity index (χ0n) is 11.9. The number of nitrogens with two attached hydrogens (primary N) is 1. The van der Waals surface area contributed by atoms with Gasteiger partial charge in [-0.15, -0.1) is 0 Å². The normalized spacial score (nSPS) is 17.2. The van der Waals surface area contributed by atoms with Crippen molar-refractivity contribution in [3.63, 3.8) is 0 Å². The van der Waals surface area contributed by atoms with Gasteiger partial charge >= 0.3 is 0 Å². The van der Waals surface area contributed by atoms with Crippen molar-refractivity contribution in [2.45, 2.75) is 37.8 Å². The van der Waals surface area contributed by atoms with Gasteiger partial charge in [0.2, 0.25) is 11.8 Å². The number of rotatable bonds is 5. The standard InChI is InChI=1S/C15H18N4O2/c1-10(17-14(20)15(16)7-8-15)13-18-12(21-19-13)9-11-5-3-2-4-6-11/h2-6,10H,7-9,16H2,1H3,(H,17,20). The average Bonchev–Trinajstić information content (AvgIpc) is 3.06. The van der Waals surface area contributed by atoms with Crippen molar-refractivity contribution in [1.82, 2.24) is 15.5 Å². The van der Waals surface area contributed by atoms with Crippen LogP contribution >= 0.6 is 0 Å². The third kappa shape index (κ3) is 3.11. The maximum atomic E-state index is 11.9. The third-order valence-corrected chi connectivity index (χ3v) is 3.66. The van der Waals surface area contributed by atoms with Gasteiger partial charge in [0.25, 0.3) is 0 Å². The van der Waals surface area contributed by atoms with Gasteiger partial charge in [0.1, 0.15) is 0 Å². The largest absolute Gasteiger partial charge is 0.345 e. The molecule has 1 saturated carbocycles. The predicted molar refractivity (Wildman–Crippen MR) is 76.3 cm³/mol. The molecule has 21 heavy (non-hydrogen) atoms. The number of carbonyl (C=O) groups excluding carboxylic acids is 1. The molecule has 0 spiro atoms. The Morgan fingerprint density at radius 3 is 2.81 bits per heavy atom. The SMILES string of the molecule is CC(NC(=O)C1(N)CC1)c1noc(Cc2ccccc2)n1. The van der Waals surface area contributed by atoms with E-state index in [4.69, 9.17) is 10.3 Å². The van der Waals surface area contributed by atoms with Gasteiger partial charge in [-0.25, -0.2) is 0 Å². The molecule has 0 bridgehead atoms. The minimum Gasteiger partial charge on any atom is -0.345 e. The van der Waals surface area contributed by atoms with E-state index < -0.39 is 5.54 Å². The fourth-order valence-electron chi connectivity index (χ4n) is 2.05. The summed E-state index contributed by atoms with van der Waals surface area (Å²) >= 11 is 0. The lowest BCUT2D eigenvalue weighted by Crippen LogP contribution is -2.43. The zero-order chi connectivity index (χ0) is 14.9. The van der Waals surface area contributed by atoms with Crippen molar-refractivity contribution in [3.05, 3.63) is 47.6 Å². The Balaban J connectivity index is 1.63. The molecule has 1 unspecified atom stereocenters. The van der Waals surface area contributed by atoms with E-state index in [0.717, 1.165) is 18.4 Å². The summed E-state index contributed by atoms with van der Waals surface area (Å²) in [5.41, 5.74) is 6.26. The number of nitrogens with one attached hydrogen (secondary N) is 1. The summed E-state index contributed by atoms with van der Waals surface area (Å²) in [6.07, 6.45) is 2.05. The molecule has 1 atom stereocenters. The Hall–Kier alpha value is -2.21. The fraction of sp³-hybridized carbons (Fsp3) is 0.400. The minimum atomic E-state index is -0.690. The molecule has 3 rings (SSSR count). The molecule has 0 aliphatic heterocycles. The van der Waals surface area contributed by atoms with Crippen LogP contribution in [0.1, 0.15) is 43.1 Å². The van der Waals surface area contributed by atoms with E-state index in [2.05, 4.69) is 15.5 Å². The zero-order valence-corrected chi connectivity index (χ0v) is 11.9. The molecule has 6 heteroatoms. The van der Waals surface area contributed by atoms with Crippen LogP contribution in [0.3, 0.4) is 0 Å². The van der Waals surface area contributed by atoms with Crippen molar-refractivity contribution >= 4 is 5.91 Å². The predicted octanol–water partition coefficient (Wildman–Crippen LogP) is 1.33. The Morgan fingerprint density at radius 1 is 1.43 bits per heavy atom. The van der Waals surface area contributed by atoms with Gasteiger partial charge in [-0.1, -0.05) is 35.5 Å². The first-order chi connectivity index (χ1) is 10.1. The second-order valence-corrected chi connectivity index (χ2v) is 5.56. The van der Waals surface area contributed by atoms with Gasteiger partial charge in [-0.05, 0) is 25.3 Å². The van der Waals surface area contributed by atoms with Crippen LogP contribution in [0.4, 0.5) is 0 Å². The van der Waals surface area contributed by atoms with Gasteiger partial charge in [0.15, 0.2) is 5.82 Å². The Kier molecular flexibility index (Phi) is 3.47. The van der Waals surface area contributed by atoms with Crippen LogP contribution in [-0.2, 0) is 11.2 Å². The summed E-state index contributed by atoms with van der Waals surface area (Å²) in [6.45, 7) is 1.82. The van der Waals surface area contributed by atoms with Crippen LogP contribution < -0.4 is 11.1 Å². The number of benzene rings is 1. The van der Waals surface area contributed by atoms with Crippen LogP contribution in [-0.4, -0.2) is 21.6 Å². The van der Waals surface area contributed by atoms with Gasteiger partial charge in [-0.2, -0.15) is 4.98 Å². The first-order valence-electron chi connectivity index (χ1n) is 7.03. The maximum absolute atomic E-state index is 11.9. The highest BCUT2D eigenvalue weighted by molar-refractivity contribution is 5.89. The minimum absolute atomic E-state index is 0.149. The molecular formula is C15H18N4O2. The van der Waals surface area contributed by atoms with Crippen LogP contribution in [0.25, 0.3) is 0 Å². The van der Waals surface area contributed by atoms with Crippen molar-refractivity contribution in [3.8, 4) is 0 Å². The quantitative estimate of drug-likeness (QED) is 0.864. The number of hydrogen-bond donors (Lipinski definition) is 2. The van der Waals surface area contributed by atoms with Crippen molar-refractivity contribution in [1.29, 1.82) is 0 Å². The van der Waals surface area contributed by atoms with E-state index in [1.807, 2.05) is 37.3 Å². The highest BCUT2D eigenvalue weighted by Gasteiger charge is 2.46. The molecule has 1 heterocycles. The van der Waals surface area contributed by atoms with Crippen LogP contribution in [0.5, 0.6) is 0 Å². The Morgan fingerprint density at radius 2 is 2.14 bits per heavy atom. The maximum Gasteiger partial charge on any atom is 0.240 e. The van der Waals surface area contributed by atoms with Gasteiger partial charge in [-0.3, -0.25) is 4.79 Å². The molecule has 110 valence electrons. The number of nitrogens with zero attached hydrogens (tertiary/aromatic N) is 2. The Labute approximate surface area is 122 Å². The molecule has 0 saturated heterocycles. The molecule has 2 aromatic rings. The van der Waals surface area contributed by atoms with Crippen molar-refractivity contribution in [2.24, 2.45) is 5.73 Å². The van der Waals surface area contributed by atoms with Crippen LogP contribution in [0.15, 0.2) is 34.9 Å². The van der Waals surface area contributed by atoms with Gasteiger partial charge in [0.05, 0.1) is 18.0 Å². The first-order valence-corrected chi connectivity index (χ1v) is 7.03. The van der Waals surface area contributed by atoms with Gasteiger partial charge in [0, 0.05) is 0 Å². The van der Waals surface area contributed by atoms with Crippen molar-refractivity contribution in [2.75, 3.05) is 0 Å². The molecule has 0 radical (unpaired) electrons. The molecular weight excluding hydrogens is 268 g/mol. The molecule has 6 nitrogen and oxygen atoms in total. The second-order valence-electron chi connectivity index (χ2n) is 5.56. The fourth-order valence-corrected chi connectivity index (χ4v) is 2.05. The third-order valence-electron chi connectivity index (χ3n) is 3.66. The number of aromatic nitrogens is 2. The molecule has 1 aromatic heterocycles. The number of hydrogen-bond acceptors (Lipinski definition) is 5. The van der Waals surface area contributed by atoms with Crippen molar-refractivity contribution < 1.29 is 9.32 Å². The molecule has 1 aliphatic rings. The van der Waals surface area contributed by atoms with E-state index in [1.165, 1.54) is 0 Å². The summed E-state index contributed by atoms with van der Waals surface area (Å²) in [5, 5.41) is 6.75. The molecule has 1 aromatic carbocycles. The highest BCUT2D eigenvalue weighted by atomic mass is 16.5. The topological polar surface area (TPSA) is 94.0 Å². The van der Waals surface area contributed by atoms with Gasteiger partial charge < -0.3 is 15.6 Å². The summed E-state index contributed by atoms with van der Waals surface area (Å²) < 4.78 is 5.23. The molecule has 1 aliphatic carbocycles. The van der Waals surface area contributed by atoms with E-state index >= 15 is 0 Å². The summed E-state index contributed by atoms with van der Waals surface area (Å²) in [4.78, 5) is 16.2. The second kappa shape index (κ2) is 5.29. The summed E-state index contributed by atoms with van der Waals surface area (Å²) in [7, 11) is 0. The van der Waals surface area contributed by atoms with E-state index in [9.17, 15) is 4.79 Å². The summed E-state index contributed by atoms with van der Waals surface area (Å²) in [5.74, 6) is 0.856. The van der Waals surface area contributed by atoms with E-state index in [-0.39, 0.29) is 11.9 Å². The molecule has 3 N–H and O–H groups in total. The number of amides is 1. The monoisotopic (exact) mass is 286 g/mol. The number of carbonyl (C=O) groups is 1. The molecule has 1 fully saturated rings. The summed E-state index contributed by atoms with van der Waals surface area (Å²) in [6, 6.07) is 9.57.